The third-order valence-electron chi connectivity index (χ3n) is 2.88. The summed E-state index contributed by atoms with van der Waals surface area (Å²) in [7, 11) is 0. The van der Waals surface area contributed by atoms with Gasteiger partial charge in [0.25, 0.3) is 5.56 Å². The predicted molar refractivity (Wildman–Crippen MR) is 63.1 cm³/mol. The van der Waals surface area contributed by atoms with Crippen molar-refractivity contribution in [2.45, 2.75) is 24.5 Å². The summed E-state index contributed by atoms with van der Waals surface area (Å²) in [6, 6.07) is 1.39. The summed E-state index contributed by atoms with van der Waals surface area (Å²) in [5.41, 5.74) is 4.95. The van der Waals surface area contributed by atoms with Gasteiger partial charge < -0.3 is 25.8 Å². The SMILES string of the molecule is Nc1ccn([C@H]2O[C@H](CO)[C@@H](O)[C@H]2O)c(=O)c1Cl. The molecule has 0 bridgehead atoms. The minimum absolute atomic E-state index is 0.115. The number of rotatable bonds is 2. The number of anilines is 1. The number of nitrogen functional groups attached to an aromatic ring is 1. The molecule has 1 fully saturated rings. The fourth-order valence-corrected chi connectivity index (χ4v) is 2.01. The Hall–Kier alpha value is -1.12. The highest BCUT2D eigenvalue weighted by molar-refractivity contribution is 6.32. The monoisotopic (exact) mass is 276 g/mol. The van der Waals surface area contributed by atoms with Crippen molar-refractivity contribution in [3.05, 3.63) is 27.6 Å². The average molecular weight is 277 g/mol. The van der Waals surface area contributed by atoms with E-state index in [0.29, 0.717) is 0 Å². The first kappa shape index (κ1) is 13.3. The van der Waals surface area contributed by atoms with E-state index in [0.717, 1.165) is 4.57 Å². The maximum absolute atomic E-state index is 11.8. The summed E-state index contributed by atoms with van der Waals surface area (Å²) in [6.07, 6.45) is -3.36. The standard InChI is InChI=1S/C10H13ClN2O5/c11-6-4(12)1-2-13(9(6)17)10-8(16)7(15)5(3-14)18-10/h1-2,5,7-8,10,14-16H,3,12H2/t5-,7-,8-,10+/m1/s1. The molecule has 0 saturated carbocycles. The first-order valence-electron chi connectivity index (χ1n) is 5.26. The number of aliphatic hydroxyl groups excluding tert-OH is 3. The van der Waals surface area contributed by atoms with Crippen LogP contribution in [0.25, 0.3) is 0 Å². The molecule has 0 aromatic carbocycles. The molecule has 8 heteroatoms. The van der Waals surface area contributed by atoms with Crippen molar-refractivity contribution in [2.24, 2.45) is 0 Å². The van der Waals surface area contributed by atoms with Crippen molar-refractivity contribution < 1.29 is 20.1 Å². The third-order valence-corrected chi connectivity index (χ3v) is 3.26. The van der Waals surface area contributed by atoms with Gasteiger partial charge >= 0.3 is 0 Å². The summed E-state index contributed by atoms with van der Waals surface area (Å²) in [6.45, 7) is -0.466. The van der Waals surface area contributed by atoms with Crippen LogP contribution in [0, 0.1) is 0 Å². The number of pyridine rings is 1. The van der Waals surface area contributed by atoms with Crippen LogP contribution in [0.15, 0.2) is 17.1 Å². The van der Waals surface area contributed by atoms with Gasteiger partial charge in [-0.1, -0.05) is 11.6 Å². The zero-order chi connectivity index (χ0) is 13.4. The van der Waals surface area contributed by atoms with Gasteiger partial charge in [-0.25, -0.2) is 0 Å². The van der Waals surface area contributed by atoms with Crippen LogP contribution < -0.4 is 11.3 Å². The first-order valence-corrected chi connectivity index (χ1v) is 5.63. The molecular formula is C10H13ClN2O5. The van der Waals surface area contributed by atoms with E-state index in [-0.39, 0.29) is 10.7 Å². The van der Waals surface area contributed by atoms with E-state index in [4.69, 9.17) is 27.2 Å². The van der Waals surface area contributed by atoms with Crippen LogP contribution in [0.4, 0.5) is 5.69 Å². The second kappa shape index (κ2) is 4.87. The molecule has 0 amide bonds. The van der Waals surface area contributed by atoms with Crippen LogP contribution >= 0.6 is 11.6 Å². The highest BCUT2D eigenvalue weighted by Crippen LogP contribution is 2.28. The molecule has 18 heavy (non-hydrogen) atoms. The number of hydrogen-bond acceptors (Lipinski definition) is 6. The Labute approximate surface area is 107 Å². The van der Waals surface area contributed by atoms with Gasteiger partial charge in [0.15, 0.2) is 6.23 Å². The van der Waals surface area contributed by atoms with E-state index in [1.807, 2.05) is 0 Å². The lowest BCUT2D eigenvalue weighted by Crippen LogP contribution is -2.35. The highest BCUT2D eigenvalue weighted by Gasteiger charge is 2.43. The topological polar surface area (TPSA) is 118 Å². The van der Waals surface area contributed by atoms with Gasteiger partial charge in [-0.2, -0.15) is 0 Å². The van der Waals surface area contributed by atoms with Gasteiger partial charge in [-0.3, -0.25) is 9.36 Å². The van der Waals surface area contributed by atoms with Gasteiger partial charge in [0.1, 0.15) is 23.3 Å². The summed E-state index contributed by atoms with van der Waals surface area (Å²) in [4.78, 5) is 11.8. The van der Waals surface area contributed by atoms with E-state index in [9.17, 15) is 15.0 Å². The largest absolute Gasteiger partial charge is 0.397 e. The molecule has 0 aliphatic carbocycles. The average Bonchev–Trinajstić information content (AvgIpc) is 2.64. The van der Waals surface area contributed by atoms with Crippen molar-refractivity contribution in [1.29, 1.82) is 0 Å². The van der Waals surface area contributed by atoms with E-state index < -0.39 is 36.7 Å². The minimum atomic E-state index is -1.33. The number of hydrogen-bond donors (Lipinski definition) is 4. The van der Waals surface area contributed by atoms with Crippen molar-refractivity contribution in [1.82, 2.24) is 4.57 Å². The van der Waals surface area contributed by atoms with Gasteiger partial charge in [0.2, 0.25) is 0 Å². The summed E-state index contributed by atoms with van der Waals surface area (Å²) in [5, 5.41) is 28.1. The number of halogens is 1. The molecule has 0 radical (unpaired) electrons. The van der Waals surface area contributed by atoms with Gasteiger partial charge in [-0.05, 0) is 6.07 Å². The lowest BCUT2D eigenvalue weighted by molar-refractivity contribution is -0.0543. The second-order valence-electron chi connectivity index (χ2n) is 4.03. The molecule has 7 nitrogen and oxygen atoms in total. The zero-order valence-corrected chi connectivity index (χ0v) is 9.99. The minimum Gasteiger partial charge on any atom is -0.397 e. The van der Waals surface area contributed by atoms with E-state index in [2.05, 4.69) is 0 Å². The maximum atomic E-state index is 11.8. The van der Waals surface area contributed by atoms with Crippen LogP contribution in [0.3, 0.4) is 0 Å². The number of nitrogens with zero attached hydrogens (tertiary/aromatic N) is 1. The Morgan fingerprint density at radius 2 is 2.11 bits per heavy atom. The molecule has 1 aromatic rings. The first-order chi connectivity index (χ1) is 8.47. The lowest BCUT2D eigenvalue weighted by atomic mass is 10.1. The second-order valence-corrected chi connectivity index (χ2v) is 4.40. The Morgan fingerprint density at radius 1 is 1.44 bits per heavy atom. The molecule has 1 aliphatic heterocycles. The van der Waals surface area contributed by atoms with Gasteiger partial charge in [-0.15, -0.1) is 0 Å². The fraction of sp³-hybridized carbons (Fsp3) is 0.500. The molecule has 100 valence electrons. The molecular weight excluding hydrogens is 264 g/mol. The maximum Gasteiger partial charge on any atom is 0.273 e. The Balaban J connectivity index is 2.39. The van der Waals surface area contributed by atoms with Crippen LogP contribution in [-0.4, -0.2) is 44.8 Å². The quantitative estimate of drug-likeness (QED) is 0.533. The van der Waals surface area contributed by atoms with Crippen molar-refractivity contribution in [3.8, 4) is 0 Å². The van der Waals surface area contributed by atoms with Crippen LogP contribution in [0.5, 0.6) is 0 Å². The molecule has 2 heterocycles. The molecule has 0 unspecified atom stereocenters. The molecule has 2 rings (SSSR count). The van der Waals surface area contributed by atoms with E-state index in [1.165, 1.54) is 12.3 Å². The smallest absolute Gasteiger partial charge is 0.273 e. The summed E-state index contributed by atoms with van der Waals surface area (Å²) < 4.78 is 6.24. The van der Waals surface area contributed by atoms with Gasteiger partial charge in [0.05, 0.1) is 12.3 Å². The molecule has 1 aliphatic rings. The Morgan fingerprint density at radius 3 is 2.67 bits per heavy atom. The summed E-state index contributed by atoms with van der Waals surface area (Å²) >= 11 is 5.71. The van der Waals surface area contributed by atoms with Crippen LogP contribution in [0.2, 0.25) is 5.02 Å². The number of aromatic nitrogens is 1. The van der Waals surface area contributed by atoms with E-state index >= 15 is 0 Å². The fourth-order valence-electron chi connectivity index (χ4n) is 1.85. The molecule has 0 spiro atoms. The Kier molecular flexibility index (Phi) is 3.60. The Bertz CT molecular complexity index is 506. The predicted octanol–water partition coefficient (Wildman–Crippen LogP) is -1.30. The zero-order valence-electron chi connectivity index (χ0n) is 9.23. The molecule has 4 atom stereocenters. The molecule has 5 N–H and O–H groups in total. The van der Waals surface area contributed by atoms with Gasteiger partial charge in [0, 0.05) is 6.20 Å². The van der Waals surface area contributed by atoms with E-state index in [1.54, 1.807) is 0 Å². The molecule has 1 aromatic heterocycles. The third kappa shape index (κ3) is 2.00. The van der Waals surface area contributed by atoms with Crippen molar-refractivity contribution in [2.75, 3.05) is 12.3 Å². The van der Waals surface area contributed by atoms with Crippen LogP contribution in [-0.2, 0) is 4.74 Å². The number of aliphatic hydroxyl groups is 3. The lowest BCUT2D eigenvalue weighted by Gasteiger charge is -2.18. The van der Waals surface area contributed by atoms with Crippen molar-refractivity contribution >= 4 is 17.3 Å². The number of nitrogens with two attached hydrogens (primary N) is 1. The normalized spacial score (nSPS) is 31.8. The van der Waals surface area contributed by atoms with Crippen LogP contribution in [0.1, 0.15) is 6.23 Å². The highest BCUT2D eigenvalue weighted by atomic mass is 35.5. The summed E-state index contributed by atoms with van der Waals surface area (Å²) in [5.74, 6) is 0. The number of ether oxygens (including phenoxy) is 1. The molecule has 1 saturated heterocycles. The van der Waals surface area contributed by atoms with Crippen molar-refractivity contribution in [3.63, 3.8) is 0 Å².